The molecule has 1 aliphatic rings. The number of nitriles is 1. The molecule has 2 N–H and O–H groups in total. The highest BCUT2D eigenvalue weighted by Crippen LogP contribution is 2.23. The van der Waals surface area contributed by atoms with Crippen LogP contribution in [-0.4, -0.2) is 6.54 Å². The van der Waals surface area contributed by atoms with Gasteiger partial charge in [0.05, 0.1) is 12.6 Å². The van der Waals surface area contributed by atoms with Gasteiger partial charge in [-0.25, -0.2) is 4.39 Å². The number of nitrogens with zero attached hydrogens (tertiary/aromatic N) is 1. The SMILES string of the molecule is CC.Cc1ccc(C#CC2CCCC2)cc1F.N#CCN. The molecule has 2 rings (SSSR count). The molecule has 0 radical (unpaired) electrons. The molecule has 0 bridgehead atoms. The first-order valence-electron chi connectivity index (χ1n) is 7.52. The summed E-state index contributed by atoms with van der Waals surface area (Å²) in [5.74, 6) is 6.67. The molecule has 2 nitrogen and oxygen atoms in total. The molecule has 0 aliphatic heterocycles. The minimum Gasteiger partial charge on any atom is -0.318 e. The van der Waals surface area contributed by atoms with Crippen LogP contribution in [0.15, 0.2) is 18.2 Å². The van der Waals surface area contributed by atoms with Crippen molar-refractivity contribution in [1.29, 1.82) is 5.26 Å². The molecule has 1 aromatic rings. The smallest absolute Gasteiger partial charge is 0.127 e. The van der Waals surface area contributed by atoms with Crippen molar-refractivity contribution in [2.75, 3.05) is 6.54 Å². The minimum absolute atomic E-state index is 0.125. The summed E-state index contributed by atoms with van der Waals surface area (Å²) in [6.45, 7) is 5.89. The Morgan fingerprint density at radius 2 is 1.86 bits per heavy atom. The lowest BCUT2D eigenvalue weighted by Crippen LogP contribution is -1.91. The number of benzene rings is 1. The third-order valence-electron chi connectivity index (χ3n) is 3.04. The average molecular weight is 288 g/mol. The van der Waals surface area contributed by atoms with Crippen molar-refractivity contribution in [1.82, 2.24) is 0 Å². The quantitative estimate of drug-likeness (QED) is 0.575. The molecule has 0 heterocycles. The number of hydrogen-bond acceptors (Lipinski definition) is 2. The summed E-state index contributed by atoms with van der Waals surface area (Å²) in [7, 11) is 0. The van der Waals surface area contributed by atoms with Gasteiger partial charge in [0.1, 0.15) is 5.82 Å². The van der Waals surface area contributed by atoms with Gasteiger partial charge >= 0.3 is 0 Å². The zero-order valence-corrected chi connectivity index (χ0v) is 13.2. The fourth-order valence-corrected chi connectivity index (χ4v) is 1.93. The molecule has 21 heavy (non-hydrogen) atoms. The molecule has 1 aromatic carbocycles. The second kappa shape index (κ2) is 11.9. The van der Waals surface area contributed by atoms with Crippen molar-refractivity contribution in [3.63, 3.8) is 0 Å². The van der Waals surface area contributed by atoms with Crippen molar-refractivity contribution < 1.29 is 4.39 Å². The summed E-state index contributed by atoms with van der Waals surface area (Å²) in [5, 5.41) is 7.50. The maximum atomic E-state index is 13.2. The van der Waals surface area contributed by atoms with E-state index in [2.05, 4.69) is 17.6 Å². The van der Waals surface area contributed by atoms with E-state index in [4.69, 9.17) is 5.26 Å². The maximum absolute atomic E-state index is 13.2. The van der Waals surface area contributed by atoms with E-state index in [9.17, 15) is 4.39 Å². The van der Waals surface area contributed by atoms with Gasteiger partial charge in [-0.1, -0.05) is 44.6 Å². The van der Waals surface area contributed by atoms with E-state index in [1.807, 2.05) is 19.9 Å². The van der Waals surface area contributed by atoms with Gasteiger partial charge in [0, 0.05) is 11.5 Å². The van der Waals surface area contributed by atoms with Crippen LogP contribution in [0.3, 0.4) is 0 Å². The minimum atomic E-state index is -0.159. The molecular formula is C18H25FN2. The summed E-state index contributed by atoms with van der Waals surface area (Å²) >= 11 is 0. The van der Waals surface area contributed by atoms with Gasteiger partial charge in [0.25, 0.3) is 0 Å². The monoisotopic (exact) mass is 288 g/mol. The van der Waals surface area contributed by atoms with E-state index in [1.165, 1.54) is 31.7 Å². The van der Waals surface area contributed by atoms with Crippen LogP contribution in [0.5, 0.6) is 0 Å². The van der Waals surface area contributed by atoms with Gasteiger partial charge in [-0.05, 0) is 37.5 Å². The van der Waals surface area contributed by atoms with Gasteiger partial charge in [-0.15, -0.1) is 0 Å². The lowest BCUT2D eigenvalue weighted by molar-refractivity contribution is 0.618. The Bertz CT molecular complexity index is 500. The van der Waals surface area contributed by atoms with E-state index >= 15 is 0 Å². The molecule has 114 valence electrons. The number of rotatable bonds is 0. The number of nitrogens with two attached hydrogens (primary N) is 1. The van der Waals surface area contributed by atoms with Crippen molar-refractivity contribution in [2.24, 2.45) is 11.7 Å². The summed E-state index contributed by atoms with van der Waals surface area (Å²) in [4.78, 5) is 0. The molecule has 0 amide bonds. The molecule has 0 atom stereocenters. The van der Waals surface area contributed by atoms with Crippen LogP contribution in [-0.2, 0) is 0 Å². The Hall–Kier alpha value is -1.84. The molecule has 0 spiro atoms. The van der Waals surface area contributed by atoms with Crippen LogP contribution in [0, 0.1) is 41.8 Å². The summed E-state index contributed by atoms with van der Waals surface area (Å²) in [6.07, 6.45) is 5.01. The van der Waals surface area contributed by atoms with Crippen LogP contribution in [0.1, 0.15) is 50.7 Å². The van der Waals surface area contributed by atoms with Gasteiger partial charge in [0.15, 0.2) is 0 Å². The fourth-order valence-electron chi connectivity index (χ4n) is 1.93. The zero-order chi connectivity index (χ0) is 16.1. The first kappa shape index (κ1) is 19.2. The number of halogens is 1. The summed E-state index contributed by atoms with van der Waals surface area (Å²) in [6, 6.07) is 6.91. The van der Waals surface area contributed by atoms with Crippen LogP contribution in [0.25, 0.3) is 0 Å². The molecule has 1 saturated carbocycles. The summed E-state index contributed by atoms with van der Waals surface area (Å²) < 4.78 is 13.2. The Kier molecular flexibility index (Phi) is 10.9. The van der Waals surface area contributed by atoms with E-state index in [-0.39, 0.29) is 12.4 Å². The maximum Gasteiger partial charge on any atom is 0.127 e. The van der Waals surface area contributed by atoms with E-state index in [1.54, 1.807) is 19.1 Å². The average Bonchev–Trinajstić information content (AvgIpc) is 3.04. The molecule has 3 heteroatoms. The largest absolute Gasteiger partial charge is 0.318 e. The first-order chi connectivity index (χ1) is 10.2. The highest BCUT2D eigenvalue weighted by atomic mass is 19.1. The van der Waals surface area contributed by atoms with Crippen molar-refractivity contribution in [3.8, 4) is 17.9 Å². The van der Waals surface area contributed by atoms with E-state index < -0.39 is 0 Å². The number of hydrogen-bond donors (Lipinski definition) is 1. The molecule has 1 fully saturated rings. The fraction of sp³-hybridized carbons (Fsp3) is 0.500. The normalized spacial score (nSPS) is 12.8. The Balaban J connectivity index is 0.000000579. The van der Waals surface area contributed by atoms with Crippen LogP contribution >= 0.6 is 0 Å². The van der Waals surface area contributed by atoms with Crippen LogP contribution < -0.4 is 5.73 Å². The first-order valence-corrected chi connectivity index (χ1v) is 7.52. The highest BCUT2D eigenvalue weighted by molar-refractivity contribution is 5.37. The van der Waals surface area contributed by atoms with Crippen molar-refractivity contribution in [3.05, 3.63) is 35.1 Å². The lowest BCUT2D eigenvalue weighted by Gasteiger charge is -1.97. The lowest BCUT2D eigenvalue weighted by atomic mass is 10.1. The van der Waals surface area contributed by atoms with Gasteiger partial charge in [-0.2, -0.15) is 5.26 Å². The Morgan fingerprint density at radius 1 is 1.29 bits per heavy atom. The molecular weight excluding hydrogens is 263 g/mol. The standard InChI is InChI=1S/C14H15F.C2H4N2.C2H6/c1-11-6-7-13(10-14(11)15)9-8-12-4-2-3-5-12;3-1-2-4;1-2/h6-7,10,12H,2-5H2,1H3;1,3H2;1-2H3. The van der Waals surface area contributed by atoms with Crippen LogP contribution in [0.2, 0.25) is 0 Å². The molecule has 0 unspecified atom stereocenters. The predicted molar refractivity (Wildman–Crippen MR) is 86.0 cm³/mol. The van der Waals surface area contributed by atoms with Gasteiger partial charge < -0.3 is 5.73 Å². The topological polar surface area (TPSA) is 49.8 Å². The molecule has 0 saturated heterocycles. The highest BCUT2D eigenvalue weighted by Gasteiger charge is 2.11. The van der Waals surface area contributed by atoms with Gasteiger partial charge in [-0.3, -0.25) is 0 Å². The third-order valence-corrected chi connectivity index (χ3v) is 3.04. The molecule has 0 aromatic heterocycles. The van der Waals surface area contributed by atoms with Gasteiger partial charge in [0.2, 0.25) is 0 Å². The predicted octanol–water partition coefficient (Wildman–Crippen LogP) is 4.17. The van der Waals surface area contributed by atoms with E-state index in [0.717, 1.165) is 5.56 Å². The van der Waals surface area contributed by atoms with Crippen molar-refractivity contribution >= 4 is 0 Å². The van der Waals surface area contributed by atoms with Crippen LogP contribution in [0.4, 0.5) is 4.39 Å². The second-order valence-corrected chi connectivity index (χ2v) is 4.58. The number of aryl methyl sites for hydroxylation is 1. The third kappa shape index (κ3) is 8.12. The van der Waals surface area contributed by atoms with E-state index in [0.29, 0.717) is 11.5 Å². The Morgan fingerprint density at radius 3 is 2.33 bits per heavy atom. The zero-order valence-electron chi connectivity index (χ0n) is 13.2. The Labute approximate surface area is 128 Å². The van der Waals surface area contributed by atoms with Crippen molar-refractivity contribution in [2.45, 2.75) is 46.5 Å². The molecule has 1 aliphatic carbocycles. The summed E-state index contributed by atoms with van der Waals surface area (Å²) in [5.41, 5.74) is 6.14. The second-order valence-electron chi connectivity index (χ2n) is 4.58.